The topological polar surface area (TPSA) is 21.3 Å². The van der Waals surface area contributed by atoms with Crippen LogP contribution in [0.3, 0.4) is 0 Å². The van der Waals surface area contributed by atoms with Gasteiger partial charge in [0.2, 0.25) is 0 Å². The van der Waals surface area contributed by atoms with E-state index in [4.69, 9.17) is 16.3 Å². The van der Waals surface area contributed by atoms with Crippen LogP contribution >= 0.6 is 11.6 Å². The number of anilines is 1. The van der Waals surface area contributed by atoms with Gasteiger partial charge in [0.05, 0.1) is 5.02 Å². The third-order valence-corrected chi connectivity index (χ3v) is 2.85. The molecule has 1 N–H and O–H groups in total. The smallest absolute Gasteiger partial charge is 0.137 e. The van der Waals surface area contributed by atoms with Crippen LogP contribution in [0.5, 0.6) is 5.75 Å². The number of benzene rings is 2. The van der Waals surface area contributed by atoms with E-state index in [9.17, 15) is 0 Å². The monoisotopic (exact) mass is 261 g/mol. The number of para-hydroxylation sites is 1. The second kappa shape index (κ2) is 6.31. The number of nitrogens with one attached hydrogen (secondary N) is 1. The van der Waals surface area contributed by atoms with Gasteiger partial charge in [-0.25, -0.2) is 0 Å². The lowest BCUT2D eigenvalue weighted by molar-refractivity contribution is 0.333. The number of hydrogen-bond acceptors (Lipinski definition) is 2. The number of aryl methyl sites for hydroxylation is 1. The van der Waals surface area contributed by atoms with Crippen LogP contribution < -0.4 is 10.1 Å². The first-order valence-electron chi connectivity index (χ1n) is 5.93. The number of ether oxygens (including phenoxy) is 1. The average Bonchev–Trinajstić information content (AvgIpc) is 2.38. The van der Waals surface area contributed by atoms with Gasteiger partial charge in [-0.05, 0) is 36.8 Å². The fourth-order valence-electron chi connectivity index (χ4n) is 1.64. The summed E-state index contributed by atoms with van der Waals surface area (Å²) in [5, 5.41) is 3.94. The summed E-state index contributed by atoms with van der Waals surface area (Å²) >= 11 is 6.08. The molecular weight excluding hydrogens is 246 g/mol. The third-order valence-electron chi connectivity index (χ3n) is 2.55. The lowest BCUT2D eigenvalue weighted by Crippen LogP contribution is -2.11. The second-order valence-electron chi connectivity index (χ2n) is 4.08. The van der Waals surface area contributed by atoms with Gasteiger partial charge in [-0.2, -0.15) is 0 Å². The van der Waals surface area contributed by atoms with Gasteiger partial charge in [-0.15, -0.1) is 0 Å². The molecule has 18 heavy (non-hydrogen) atoms. The van der Waals surface area contributed by atoms with Crippen molar-refractivity contribution in [2.75, 3.05) is 18.5 Å². The van der Waals surface area contributed by atoms with Crippen molar-refractivity contribution >= 4 is 17.3 Å². The summed E-state index contributed by atoms with van der Waals surface area (Å²) < 4.78 is 5.62. The number of halogens is 1. The molecule has 0 saturated carbocycles. The van der Waals surface area contributed by atoms with Crippen LogP contribution in [0.15, 0.2) is 48.5 Å². The van der Waals surface area contributed by atoms with Crippen molar-refractivity contribution in [1.82, 2.24) is 0 Å². The minimum absolute atomic E-state index is 0.581. The molecule has 0 aliphatic carbocycles. The van der Waals surface area contributed by atoms with Crippen LogP contribution in [0.2, 0.25) is 5.02 Å². The molecular formula is C15H16ClNO. The van der Waals surface area contributed by atoms with Crippen molar-refractivity contribution in [1.29, 1.82) is 0 Å². The van der Waals surface area contributed by atoms with Gasteiger partial charge < -0.3 is 10.1 Å². The predicted octanol–water partition coefficient (Wildman–Crippen LogP) is 4.14. The summed E-state index contributed by atoms with van der Waals surface area (Å²) in [7, 11) is 0. The zero-order chi connectivity index (χ0) is 12.8. The molecule has 0 fully saturated rings. The quantitative estimate of drug-likeness (QED) is 0.817. The van der Waals surface area contributed by atoms with Gasteiger partial charge in [-0.1, -0.05) is 35.9 Å². The largest absolute Gasteiger partial charge is 0.490 e. The Bertz CT molecular complexity index is 499. The second-order valence-corrected chi connectivity index (χ2v) is 4.48. The highest BCUT2D eigenvalue weighted by Crippen LogP contribution is 2.24. The molecule has 0 bridgehead atoms. The van der Waals surface area contributed by atoms with Crippen molar-refractivity contribution in [2.24, 2.45) is 0 Å². The molecule has 3 heteroatoms. The van der Waals surface area contributed by atoms with Crippen molar-refractivity contribution in [3.63, 3.8) is 0 Å². The van der Waals surface area contributed by atoms with Crippen molar-refractivity contribution in [2.45, 2.75) is 6.92 Å². The van der Waals surface area contributed by atoms with E-state index in [0.29, 0.717) is 11.6 Å². The number of rotatable bonds is 5. The maximum atomic E-state index is 6.08. The van der Waals surface area contributed by atoms with Gasteiger partial charge in [0.1, 0.15) is 12.4 Å². The summed E-state index contributed by atoms with van der Waals surface area (Å²) in [5.74, 6) is 0.733. The standard InChI is InChI=1S/C15H16ClNO/c1-12-7-8-15(14(16)11-12)18-10-9-17-13-5-3-2-4-6-13/h2-8,11,17H,9-10H2,1H3. The molecule has 0 aliphatic heterocycles. The van der Waals surface area contributed by atoms with E-state index in [1.54, 1.807) is 0 Å². The Morgan fingerprint density at radius 3 is 2.61 bits per heavy atom. The average molecular weight is 262 g/mol. The third kappa shape index (κ3) is 3.67. The lowest BCUT2D eigenvalue weighted by Gasteiger charge is -2.10. The first kappa shape index (κ1) is 12.8. The van der Waals surface area contributed by atoms with Crippen molar-refractivity contribution in [3.8, 4) is 5.75 Å². The van der Waals surface area contributed by atoms with E-state index in [2.05, 4.69) is 5.32 Å². The van der Waals surface area contributed by atoms with E-state index in [1.807, 2.05) is 55.5 Å². The highest BCUT2D eigenvalue weighted by molar-refractivity contribution is 6.32. The van der Waals surface area contributed by atoms with Gasteiger partial charge in [0.25, 0.3) is 0 Å². The van der Waals surface area contributed by atoms with Crippen LogP contribution in [-0.4, -0.2) is 13.2 Å². The molecule has 0 saturated heterocycles. The molecule has 0 amide bonds. The SMILES string of the molecule is Cc1ccc(OCCNc2ccccc2)c(Cl)c1. The van der Waals surface area contributed by atoms with E-state index < -0.39 is 0 Å². The number of hydrogen-bond donors (Lipinski definition) is 1. The van der Waals surface area contributed by atoms with E-state index in [1.165, 1.54) is 0 Å². The summed E-state index contributed by atoms with van der Waals surface area (Å²) in [6.45, 7) is 3.33. The first-order chi connectivity index (χ1) is 8.75. The molecule has 2 rings (SSSR count). The molecule has 0 spiro atoms. The Morgan fingerprint density at radius 1 is 1.11 bits per heavy atom. The molecule has 0 aromatic heterocycles. The van der Waals surface area contributed by atoms with Crippen molar-refractivity contribution < 1.29 is 4.74 Å². The minimum atomic E-state index is 0.581. The Hall–Kier alpha value is -1.67. The Labute approximate surface area is 113 Å². The molecule has 0 aliphatic rings. The molecule has 2 aromatic rings. The van der Waals surface area contributed by atoms with Gasteiger partial charge in [0.15, 0.2) is 0 Å². The highest BCUT2D eigenvalue weighted by Gasteiger charge is 2.00. The maximum absolute atomic E-state index is 6.08. The fraction of sp³-hybridized carbons (Fsp3) is 0.200. The Morgan fingerprint density at radius 2 is 1.89 bits per heavy atom. The van der Waals surface area contributed by atoms with Gasteiger partial charge >= 0.3 is 0 Å². The maximum Gasteiger partial charge on any atom is 0.137 e. The summed E-state index contributed by atoms with van der Waals surface area (Å²) in [6.07, 6.45) is 0. The molecule has 0 radical (unpaired) electrons. The van der Waals surface area contributed by atoms with Gasteiger partial charge in [-0.3, -0.25) is 0 Å². The first-order valence-corrected chi connectivity index (χ1v) is 6.31. The van der Waals surface area contributed by atoms with Crippen LogP contribution in [0, 0.1) is 6.92 Å². The van der Waals surface area contributed by atoms with Crippen LogP contribution in [0.4, 0.5) is 5.69 Å². The highest BCUT2D eigenvalue weighted by atomic mass is 35.5. The van der Waals surface area contributed by atoms with Gasteiger partial charge in [0, 0.05) is 12.2 Å². The molecule has 2 nitrogen and oxygen atoms in total. The molecule has 0 heterocycles. The Balaban J connectivity index is 1.79. The normalized spacial score (nSPS) is 10.1. The fourth-order valence-corrected chi connectivity index (χ4v) is 1.92. The Kier molecular flexibility index (Phi) is 4.48. The van der Waals surface area contributed by atoms with E-state index >= 15 is 0 Å². The molecule has 0 atom stereocenters. The zero-order valence-electron chi connectivity index (χ0n) is 10.3. The minimum Gasteiger partial charge on any atom is -0.490 e. The molecule has 94 valence electrons. The summed E-state index contributed by atoms with van der Waals surface area (Å²) in [5.41, 5.74) is 2.23. The predicted molar refractivity (Wildman–Crippen MR) is 76.6 cm³/mol. The zero-order valence-corrected chi connectivity index (χ0v) is 11.1. The van der Waals surface area contributed by atoms with Crippen LogP contribution in [0.25, 0.3) is 0 Å². The molecule has 2 aromatic carbocycles. The van der Waals surface area contributed by atoms with Crippen LogP contribution in [-0.2, 0) is 0 Å². The lowest BCUT2D eigenvalue weighted by atomic mass is 10.2. The summed E-state index contributed by atoms with van der Waals surface area (Å²) in [4.78, 5) is 0. The summed E-state index contributed by atoms with van der Waals surface area (Å²) in [6, 6.07) is 15.8. The van der Waals surface area contributed by atoms with E-state index in [0.717, 1.165) is 23.5 Å². The van der Waals surface area contributed by atoms with Crippen LogP contribution in [0.1, 0.15) is 5.56 Å². The molecule has 0 unspecified atom stereocenters. The van der Waals surface area contributed by atoms with Crippen molar-refractivity contribution in [3.05, 3.63) is 59.1 Å². The van der Waals surface area contributed by atoms with E-state index in [-0.39, 0.29) is 0 Å².